The van der Waals surface area contributed by atoms with E-state index >= 15 is 0 Å². The van der Waals surface area contributed by atoms with Crippen LogP contribution in [0.1, 0.15) is 32.6 Å². The van der Waals surface area contributed by atoms with Gasteiger partial charge in [-0.2, -0.15) is 0 Å². The van der Waals surface area contributed by atoms with E-state index in [-0.39, 0.29) is 0 Å². The molecule has 2 heteroatoms. The summed E-state index contributed by atoms with van der Waals surface area (Å²) >= 11 is 3.62. The summed E-state index contributed by atoms with van der Waals surface area (Å²) in [5.41, 5.74) is 0. The molecule has 0 N–H and O–H groups in total. The highest BCUT2D eigenvalue weighted by molar-refractivity contribution is 9.09. The van der Waals surface area contributed by atoms with Crippen molar-refractivity contribution in [3.05, 3.63) is 0 Å². The van der Waals surface area contributed by atoms with Gasteiger partial charge in [-0.25, -0.2) is 0 Å². The molecule has 0 spiro atoms. The van der Waals surface area contributed by atoms with Gasteiger partial charge in [0.25, 0.3) is 0 Å². The van der Waals surface area contributed by atoms with Crippen LogP contribution in [0.2, 0.25) is 0 Å². The molecule has 72 valence electrons. The van der Waals surface area contributed by atoms with Crippen LogP contribution in [0.4, 0.5) is 0 Å². The predicted molar refractivity (Wildman–Crippen MR) is 57.8 cm³/mol. The van der Waals surface area contributed by atoms with Gasteiger partial charge in [0.15, 0.2) is 0 Å². The molecule has 0 aromatic carbocycles. The Balaban J connectivity index is 1.98. The maximum atomic E-state index is 3.62. The van der Waals surface area contributed by atoms with E-state index < -0.39 is 0 Å². The molecule has 12 heavy (non-hydrogen) atoms. The summed E-state index contributed by atoms with van der Waals surface area (Å²) in [6.45, 7) is 4.84. The van der Waals surface area contributed by atoms with E-state index in [0.29, 0.717) is 0 Å². The number of nitrogens with zero attached hydrogens (tertiary/aromatic N) is 1. The average molecular weight is 234 g/mol. The molecule has 0 heterocycles. The fourth-order valence-corrected chi connectivity index (χ4v) is 2.82. The quantitative estimate of drug-likeness (QED) is 0.661. The van der Waals surface area contributed by atoms with Crippen molar-refractivity contribution in [1.29, 1.82) is 0 Å². The fraction of sp³-hybridized carbons (Fsp3) is 1.00. The molecule has 0 amide bonds. The molecular formula is C10H20BrN. The highest BCUT2D eigenvalue weighted by atomic mass is 79.9. The molecule has 1 rings (SSSR count). The predicted octanol–water partition coefficient (Wildman–Crippen LogP) is 2.89. The van der Waals surface area contributed by atoms with Gasteiger partial charge in [-0.15, -0.1) is 0 Å². The molecule has 0 saturated heterocycles. The van der Waals surface area contributed by atoms with Crippen molar-refractivity contribution in [2.45, 2.75) is 37.4 Å². The molecule has 0 radical (unpaired) electrons. The number of rotatable bonds is 5. The van der Waals surface area contributed by atoms with Gasteiger partial charge in [0, 0.05) is 11.4 Å². The van der Waals surface area contributed by atoms with Crippen LogP contribution in [0.5, 0.6) is 0 Å². The minimum atomic E-state index is 0.821. The second kappa shape index (κ2) is 5.23. The molecule has 1 aliphatic rings. The zero-order chi connectivity index (χ0) is 8.97. The lowest BCUT2D eigenvalue weighted by atomic mass is 9.85. The summed E-state index contributed by atoms with van der Waals surface area (Å²) in [5.74, 6) is 0.969. The Bertz CT molecular complexity index is 121. The van der Waals surface area contributed by atoms with E-state index in [1.165, 1.54) is 38.8 Å². The number of halogens is 1. The van der Waals surface area contributed by atoms with Crippen LogP contribution < -0.4 is 0 Å². The van der Waals surface area contributed by atoms with Gasteiger partial charge in [-0.05, 0) is 38.8 Å². The summed E-state index contributed by atoms with van der Waals surface area (Å²) < 4.78 is 0. The third-order valence-electron chi connectivity index (χ3n) is 2.64. The largest absolute Gasteiger partial charge is 0.306 e. The minimum absolute atomic E-state index is 0.821. The standard InChI is InChI=1S/C10H20BrN/c1-3-4-5-12(2)8-9-6-10(11)7-9/h9-10H,3-8H2,1-2H3. The monoisotopic (exact) mass is 233 g/mol. The summed E-state index contributed by atoms with van der Waals surface area (Å²) in [5, 5.41) is 0. The first-order valence-corrected chi connectivity index (χ1v) is 5.96. The maximum Gasteiger partial charge on any atom is 0.0152 e. The van der Waals surface area contributed by atoms with Crippen molar-refractivity contribution in [2.75, 3.05) is 20.1 Å². The van der Waals surface area contributed by atoms with Gasteiger partial charge in [0.05, 0.1) is 0 Å². The van der Waals surface area contributed by atoms with Gasteiger partial charge < -0.3 is 4.90 Å². The third kappa shape index (κ3) is 3.44. The summed E-state index contributed by atoms with van der Waals surface area (Å²) in [7, 11) is 2.25. The van der Waals surface area contributed by atoms with Gasteiger partial charge in [-0.1, -0.05) is 29.3 Å². The lowest BCUT2D eigenvalue weighted by Gasteiger charge is -2.34. The summed E-state index contributed by atoms with van der Waals surface area (Å²) in [6.07, 6.45) is 5.43. The Kier molecular flexibility index (Phi) is 4.59. The van der Waals surface area contributed by atoms with Crippen LogP contribution in [0, 0.1) is 5.92 Å². The van der Waals surface area contributed by atoms with Crippen molar-refractivity contribution < 1.29 is 0 Å². The van der Waals surface area contributed by atoms with Gasteiger partial charge in [0.2, 0.25) is 0 Å². The second-order valence-corrected chi connectivity index (χ2v) is 5.35. The Morgan fingerprint density at radius 2 is 2.08 bits per heavy atom. The fourth-order valence-electron chi connectivity index (χ4n) is 1.76. The van der Waals surface area contributed by atoms with Crippen LogP contribution in [-0.2, 0) is 0 Å². The van der Waals surface area contributed by atoms with Crippen molar-refractivity contribution in [1.82, 2.24) is 4.90 Å². The SMILES string of the molecule is CCCCN(C)CC1CC(Br)C1. The lowest BCUT2D eigenvalue weighted by molar-refractivity contribution is 0.211. The molecule has 0 unspecified atom stereocenters. The van der Waals surface area contributed by atoms with Crippen molar-refractivity contribution in [3.63, 3.8) is 0 Å². The van der Waals surface area contributed by atoms with Gasteiger partial charge in [-0.3, -0.25) is 0 Å². The van der Waals surface area contributed by atoms with E-state index in [9.17, 15) is 0 Å². The van der Waals surface area contributed by atoms with E-state index in [1.807, 2.05) is 0 Å². The van der Waals surface area contributed by atoms with Crippen LogP contribution >= 0.6 is 15.9 Å². The molecule has 1 aliphatic carbocycles. The van der Waals surface area contributed by atoms with Crippen molar-refractivity contribution in [3.8, 4) is 0 Å². The van der Waals surface area contributed by atoms with E-state index in [2.05, 4.69) is 34.8 Å². The Morgan fingerprint density at radius 3 is 2.58 bits per heavy atom. The summed E-state index contributed by atoms with van der Waals surface area (Å²) in [4.78, 5) is 3.30. The topological polar surface area (TPSA) is 3.24 Å². The lowest BCUT2D eigenvalue weighted by Crippen LogP contribution is -2.35. The number of unbranched alkanes of at least 4 members (excludes halogenated alkanes) is 1. The zero-order valence-electron chi connectivity index (χ0n) is 8.22. The van der Waals surface area contributed by atoms with Crippen LogP contribution in [0.25, 0.3) is 0 Å². The van der Waals surface area contributed by atoms with Gasteiger partial charge in [0.1, 0.15) is 0 Å². The molecule has 1 fully saturated rings. The number of hydrogen-bond acceptors (Lipinski definition) is 1. The van der Waals surface area contributed by atoms with Crippen molar-refractivity contribution >= 4 is 15.9 Å². The highest BCUT2D eigenvalue weighted by Gasteiger charge is 2.27. The molecule has 0 aromatic rings. The molecule has 0 atom stereocenters. The molecule has 0 aromatic heterocycles. The smallest absolute Gasteiger partial charge is 0.0152 e. The number of hydrogen-bond donors (Lipinski definition) is 0. The van der Waals surface area contributed by atoms with Crippen LogP contribution in [-0.4, -0.2) is 29.9 Å². The van der Waals surface area contributed by atoms with Crippen molar-refractivity contribution in [2.24, 2.45) is 5.92 Å². The van der Waals surface area contributed by atoms with Gasteiger partial charge >= 0.3 is 0 Å². The molecule has 0 aliphatic heterocycles. The first-order valence-electron chi connectivity index (χ1n) is 5.05. The maximum absolute atomic E-state index is 3.62. The Morgan fingerprint density at radius 1 is 1.42 bits per heavy atom. The van der Waals surface area contributed by atoms with Crippen LogP contribution in [0.15, 0.2) is 0 Å². The van der Waals surface area contributed by atoms with E-state index in [1.54, 1.807) is 0 Å². The van der Waals surface area contributed by atoms with E-state index in [0.717, 1.165) is 10.7 Å². The second-order valence-electron chi connectivity index (χ2n) is 4.05. The first kappa shape index (κ1) is 10.5. The average Bonchev–Trinajstić information content (AvgIpc) is 1.98. The van der Waals surface area contributed by atoms with E-state index in [4.69, 9.17) is 0 Å². The minimum Gasteiger partial charge on any atom is -0.306 e. The first-order chi connectivity index (χ1) is 5.72. The Hall–Kier alpha value is 0.440. The zero-order valence-corrected chi connectivity index (χ0v) is 9.81. The summed E-state index contributed by atoms with van der Waals surface area (Å²) in [6, 6.07) is 0. The highest BCUT2D eigenvalue weighted by Crippen LogP contribution is 2.33. The van der Waals surface area contributed by atoms with Crippen LogP contribution in [0.3, 0.4) is 0 Å². The molecule has 1 saturated carbocycles. The number of alkyl halides is 1. The Labute approximate surface area is 84.6 Å². The molecule has 1 nitrogen and oxygen atoms in total. The molecule has 0 bridgehead atoms. The normalized spacial score (nSPS) is 29.0. The third-order valence-corrected chi connectivity index (χ3v) is 3.39. The molecular weight excluding hydrogens is 214 g/mol.